The maximum atomic E-state index is 11.6. The number of phenols is 2. The summed E-state index contributed by atoms with van der Waals surface area (Å²) in [5, 5.41) is 31.2. The molecule has 0 amide bonds. The molecule has 3 aromatic rings. The van der Waals surface area contributed by atoms with E-state index in [1.165, 1.54) is 18.2 Å². The average molecular weight is 337 g/mol. The van der Waals surface area contributed by atoms with Gasteiger partial charge in [0.1, 0.15) is 17.1 Å². The smallest absolute Gasteiger partial charge is 0.339 e. The first-order valence-corrected chi connectivity index (χ1v) is 7.83. The molecule has 128 valence electrons. The van der Waals surface area contributed by atoms with Gasteiger partial charge in [0.25, 0.3) is 0 Å². The number of hydrogen-bond acceptors (Lipinski definition) is 4. The molecule has 5 heteroatoms. The summed E-state index contributed by atoms with van der Waals surface area (Å²) >= 11 is 0. The van der Waals surface area contributed by atoms with Crippen LogP contribution in [0.25, 0.3) is 10.8 Å². The van der Waals surface area contributed by atoms with Gasteiger partial charge >= 0.3 is 5.97 Å². The van der Waals surface area contributed by atoms with Crippen molar-refractivity contribution in [2.24, 2.45) is 0 Å². The van der Waals surface area contributed by atoms with E-state index in [-0.39, 0.29) is 23.1 Å². The van der Waals surface area contributed by atoms with Gasteiger partial charge in [0.2, 0.25) is 0 Å². The summed E-state index contributed by atoms with van der Waals surface area (Å²) in [4.78, 5) is 13.5. The van der Waals surface area contributed by atoms with Crippen molar-refractivity contribution in [3.05, 3.63) is 71.3 Å². The largest absolute Gasteiger partial charge is 0.508 e. The maximum Gasteiger partial charge on any atom is 0.339 e. The van der Waals surface area contributed by atoms with Crippen molar-refractivity contribution < 1.29 is 20.1 Å². The molecule has 5 nitrogen and oxygen atoms in total. The molecule has 0 fully saturated rings. The number of fused-ring (bicyclic) bond motifs is 1. The van der Waals surface area contributed by atoms with Crippen LogP contribution in [0.4, 0.5) is 0 Å². The molecule has 1 unspecified atom stereocenters. The minimum Gasteiger partial charge on any atom is -0.508 e. The minimum atomic E-state index is -1.21. The molecule has 0 spiro atoms. The predicted octanol–water partition coefficient (Wildman–Crippen LogP) is 3.60. The zero-order valence-corrected chi connectivity index (χ0v) is 14.0. The fraction of sp³-hybridized carbons (Fsp3) is 0.150. The van der Waals surface area contributed by atoms with Gasteiger partial charge < -0.3 is 15.3 Å². The van der Waals surface area contributed by atoms with E-state index < -0.39 is 5.97 Å². The van der Waals surface area contributed by atoms with Crippen LogP contribution in [0, 0.1) is 0 Å². The van der Waals surface area contributed by atoms with Crippen LogP contribution in [0.3, 0.4) is 0 Å². The van der Waals surface area contributed by atoms with E-state index in [0.29, 0.717) is 16.3 Å². The third-order valence-electron chi connectivity index (χ3n) is 4.27. The number of nitrogens with zero attached hydrogens (tertiary/aromatic N) is 1. The normalized spacial score (nSPS) is 12.4. The molecule has 3 rings (SSSR count). The molecular weight excluding hydrogens is 318 g/mol. The molecule has 0 aliphatic heterocycles. The summed E-state index contributed by atoms with van der Waals surface area (Å²) in [6.07, 6.45) is 0. The Hall–Kier alpha value is -3.05. The van der Waals surface area contributed by atoms with Crippen molar-refractivity contribution in [2.45, 2.75) is 6.04 Å². The first kappa shape index (κ1) is 16.8. The molecule has 0 saturated heterocycles. The molecule has 25 heavy (non-hydrogen) atoms. The van der Waals surface area contributed by atoms with Crippen LogP contribution >= 0.6 is 0 Å². The molecule has 3 N–H and O–H groups in total. The summed E-state index contributed by atoms with van der Waals surface area (Å²) in [7, 11) is 3.74. The topological polar surface area (TPSA) is 81.0 Å². The van der Waals surface area contributed by atoms with Gasteiger partial charge in [0, 0.05) is 5.56 Å². The molecule has 1 atom stereocenters. The Morgan fingerprint density at radius 3 is 2.28 bits per heavy atom. The monoisotopic (exact) mass is 337 g/mol. The highest BCUT2D eigenvalue weighted by Crippen LogP contribution is 2.41. The first-order valence-electron chi connectivity index (χ1n) is 7.83. The molecule has 0 saturated carbocycles. The Kier molecular flexibility index (Phi) is 4.33. The van der Waals surface area contributed by atoms with Crippen molar-refractivity contribution in [2.75, 3.05) is 14.1 Å². The van der Waals surface area contributed by atoms with Crippen LogP contribution in [0.5, 0.6) is 11.5 Å². The number of rotatable bonds is 4. The van der Waals surface area contributed by atoms with Crippen molar-refractivity contribution in [1.29, 1.82) is 0 Å². The first-order chi connectivity index (χ1) is 11.9. The summed E-state index contributed by atoms with van der Waals surface area (Å²) in [6.45, 7) is 0. The second-order valence-corrected chi connectivity index (χ2v) is 6.17. The van der Waals surface area contributed by atoms with Gasteiger partial charge in [-0.2, -0.15) is 0 Å². The zero-order valence-electron chi connectivity index (χ0n) is 14.0. The van der Waals surface area contributed by atoms with Crippen LogP contribution < -0.4 is 0 Å². The van der Waals surface area contributed by atoms with E-state index >= 15 is 0 Å². The van der Waals surface area contributed by atoms with Crippen molar-refractivity contribution in [3.63, 3.8) is 0 Å². The van der Waals surface area contributed by atoms with E-state index in [1.807, 2.05) is 49.3 Å². The molecule has 3 aromatic carbocycles. The van der Waals surface area contributed by atoms with E-state index in [2.05, 4.69) is 0 Å². The molecular formula is C20H19NO4. The van der Waals surface area contributed by atoms with Crippen LogP contribution in [-0.2, 0) is 0 Å². The zero-order chi connectivity index (χ0) is 18.1. The maximum absolute atomic E-state index is 11.6. The summed E-state index contributed by atoms with van der Waals surface area (Å²) in [5.74, 6) is -1.43. The third-order valence-corrected chi connectivity index (χ3v) is 4.27. The Bertz CT molecular complexity index is 935. The van der Waals surface area contributed by atoms with Gasteiger partial charge in [0.15, 0.2) is 0 Å². The van der Waals surface area contributed by atoms with Gasteiger partial charge in [-0.05, 0) is 48.6 Å². The number of phenolic OH excluding ortho intramolecular Hbond substituents is 1. The second kappa shape index (κ2) is 6.45. The third kappa shape index (κ3) is 3.02. The van der Waals surface area contributed by atoms with Gasteiger partial charge in [-0.25, -0.2) is 4.79 Å². The number of carboxylic acid groups (broad SMARTS) is 1. The highest BCUT2D eigenvalue weighted by atomic mass is 16.4. The number of hydrogen-bond donors (Lipinski definition) is 3. The summed E-state index contributed by atoms with van der Waals surface area (Å²) in [5.41, 5.74) is 1.25. The fourth-order valence-electron chi connectivity index (χ4n) is 3.21. The minimum absolute atomic E-state index is 0.0431. The lowest BCUT2D eigenvalue weighted by Crippen LogP contribution is -2.22. The number of aromatic carboxylic acids is 1. The summed E-state index contributed by atoms with van der Waals surface area (Å²) in [6, 6.07) is 15.3. The Labute approximate surface area is 145 Å². The summed E-state index contributed by atoms with van der Waals surface area (Å²) < 4.78 is 0. The van der Waals surface area contributed by atoms with E-state index in [4.69, 9.17) is 0 Å². The molecule has 0 aromatic heterocycles. The van der Waals surface area contributed by atoms with Crippen LogP contribution in [0.15, 0.2) is 54.6 Å². The van der Waals surface area contributed by atoms with Gasteiger partial charge in [-0.1, -0.05) is 36.4 Å². The van der Waals surface area contributed by atoms with E-state index in [9.17, 15) is 20.1 Å². The highest BCUT2D eigenvalue weighted by Gasteiger charge is 2.26. The predicted molar refractivity (Wildman–Crippen MR) is 96.2 cm³/mol. The SMILES string of the molecule is CN(C)C(c1ccccc1)c1c(O)c(C(=O)O)cc2cc(O)ccc12. The molecule has 0 radical (unpaired) electrons. The van der Waals surface area contributed by atoms with Crippen molar-refractivity contribution >= 4 is 16.7 Å². The molecule has 0 aliphatic rings. The van der Waals surface area contributed by atoms with Gasteiger partial charge in [-0.3, -0.25) is 4.90 Å². The Balaban J connectivity index is 2.39. The van der Waals surface area contributed by atoms with Crippen molar-refractivity contribution in [1.82, 2.24) is 4.90 Å². The molecule has 0 bridgehead atoms. The fourth-order valence-corrected chi connectivity index (χ4v) is 3.21. The van der Waals surface area contributed by atoms with Crippen LogP contribution in [-0.4, -0.2) is 40.3 Å². The molecule has 0 aliphatic carbocycles. The van der Waals surface area contributed by atoms with Crippen LogP contribution in [0.1, 0.15) is 27.5 Å². The number of carbonyl (C=O) groups is 1. The Morgan fingerprint density at radius 1 is 1.00 bits per heavy atom. The average Bonchev–Trinajstić information content (AvgIpc) is 2.57. The number of carboxylic acids is 1. The highest BCUT2D eigenvalue weighted by molar-refractivity contribution is 6.00. The standard InChI is InChI=1S/C20H19NO4/c1-21(2)18(12-6-4-3-5-7-12)17-15-9-8-14(22)10-13(15)11-16(19(17)23)20(24)25/h3-11,18,22-23H,1-2H3,(H,24,25). The molecule has 0 heterocycles. The number of aromatic hydroxyl groups is 2. The lowest BCUT2D eigenvalue weighted by molar-refractivity contribution is 0.0693. The quantitative estimate of drug-likeness (QED) is 0.678. The van der Waals surface area contributed by atoms with E-state index in [0.717, 1.165) is 5.56 Å². The Morgan fingerprint density at radius 2 is 1.68 bits per heavy atom. The lowest BCUT2D eigenvalue weighted by atomic mass is 9.90. The lowest BCUT2D eigenvalue weighted by Gasteiger charge is -2.28. The second-order valence-electron chi connectivity index (χ2n) is 6.17. The van der Waals surface area contributed by atoms with Gasteiger partial charge in [0.05, 0.1) is 6.04 Å². The van der Waals surface area contributed by atoms with Crippen LogP contribution in [0.2, 0.25) is 0 Å². The van der Waals surface area contributed by atoms with Gasteiger partial charge in [-0.15, -0.1) is 0 Å². The van der Waals surface area contributed by atoms with Crippen molar-refractivity contribution in [3.8, 4) is 11.5 Å². The number of benzene rings is 3. The van der Waals surface area contributed by atoms with E-state index in [1.54, 1.807) is 6.07 Å².